The lowest BCUT2D eigenvalue weighted by molar-refractivity contribution is 0.740. The molecule has 1 heterocycles. The van der Waals surface area contributed by atoms with Gasteiger partial charge >= 0.3 is 0 Å². The summed E-state index contributed by atoms with van der Waals surface area (Å²) in [6, 6.07) is 2.10. The zero-order valence-corrected chi connectivity index (χ0v) is 6.82. The molecule has 56 valence electrons. The molecule has 10 heavy (non-hydrogen) atoms. The fraction of sp³-hybridized carbons (Fsp3) is 0.429. The predicted octanol–water partition coefficient (Wildman–Crippen LogP) is 1.02. The van der Waals surface area contributed by atoms with E-state index in [2.05, 4.69) is 18.4 Å². The molecule has 0 saturated heterocycles. The predicted molar refractivity (Wildman–Crippen MR) is 45.0 cm³/mol. The van der Waals surface area contributed by atoms with Crippen LogP contribution in [0.15, 0.2) is 11.4 Å². The highest BCUT2D eigenvalue weighted by Crippen LogP contribution is 2.17. The smallest absolute Gasteiger partial charge is 0.0427 e. The molecule has 0 bridgehead atoms. The van der Waals surface area contributed by atoms with Gasteiger partial charge in [-0.3, -0.25) is 0 Å². The Kier molecular flexibility index (Phi) is 2.43. The first-order valence-electron chi connectivity index (χ1n) is 3.24. The summed E-state index contributed by atoms with van der Waals surface area (Å²) in [5.74, 6) is 0. The van der Waals surface area contributed by atoms with Gasteiger partial charge in [-0.2, -0.15) is 0 Å². The molecule has 0 radical (unpaired) electrons. The molecule has 4 N–H and O–H groups in total. The quantitative estimate of drug-likeness (QED) is 0.671. The highest BCUT2D eigenvalue weighted by Gasteiger charge is 2.03. The minimum atomic E-state index is 0.0185. The summed E-state index contributed by atoms with van der Waals surface area (Å²) >= 11 is 1.71. The lowest BCUT2D eigenvalue weighted by Crippen LogP contribution is -2.19. The summed E-state index contributed by atoms with van der Waals surface area (Å²) in [7, 11) is 0. The Labute approximate surface area is 64.8 Å². The number of thiophene rings is 1. The highest BCUT2D eigenvalue weighted by molar-refractivity contribution is 7.10. The van der Waals surface area contributed by atoms with Crippen LogP contribution >= 0.6 is 11.3 Å². The molecule has 1 unspecified atom stereocenters. The maximum Gasteiger partial charge on any atom is 0.0427 e. The van der Waals surface area contributed by atoms with Crippen molar-refractivity contribution in [1.29, 1.82) is 0 Å². The molecule has 1 rings (SSSR count). The minimum Gasteiger partial charge on any atom is -0.329 e. The van der Waals surface area contributed by atoms with Crippen molar-refractivity contribution in [1.82, 2.24) is 0 Å². The lowest BCUT2D eigenvalue weighted by atomic mass is 10.1. The fourth-order valence-corrected chi connectivity index (χ4v) is 1.56. The first kappa shape index (κ1) is 7.72. The van der Waals surface area contributed by atoms with Crippen molar-refractivity contribution in [3.8, 4) is 0 Å². The topological polar surface area (TPSA) is 52.0 Å². The van der Waals surface area contributed by atoms with Crippen molar-refractivity contribution in [3.05, 3.63) is 21.9 Å². The molecule has 1 atom stereocenters. The Morgan fingerprint density at radius 1 is 1.70 bits per heavy atom. The molecule has 0 spiro atoms. The normalized spacial score (nSPS) is 13.5. The number of nitrogens with two attached hydrogens (primary N) is 2. The van der Waals surface area contributed by atoms with E-state index in [0.29, 0.717) is 6.54 Å². The van der Waals surface area contributed by atoms with Gasteiger partial charge in [-0.25, -0.2) is 0 Å². The van der Waals surface area contributed by atoms with Crippen LogP contribution in [0.25, 0.3) is 0 Å². The van der Waals surface area contributed by atoms with E-state index < -0.39 is 0 Å². The molecule has 1 aromatic heterocycles. The summed E-state index contributed by atoms with van der Waals surface area (Å²) in [6.45, 7) is 2.59. The summed E-state index contributed by atoms with van der Waals surface area (Å²) in [6.07, 6.45) is 0. The van der Waals surface area contributed by atoms with E-state index in [9.17, 15) is 0 Å². The van der Waals surface area contributed by atoms with E-state index in [-0.39, 0.29) is 6.04 Å². The molecule has 0 aliphatic carbocycles. The van der Waals surface area contributed by atoms with Crippen LogP contribution in [0, 0.1) is 6.92 Å². The molecule has 0 aliphatic rings. The van der Waals surface area contributed by atoms with E-state index in [4.69, 9.17) is 11.5 Å². The van der Waals surface area contributed by atoms with Crippen LogP contribution in [-0.2, 0) is 0 Å². The van der Waals surface area contributed by atoms with Crippen LogP contribution in [0.1, 0.15) is 16.5 Å². The lowest BCUT2D eigenvalue weighted by Gasteiger charge is -2.03. The molecule has 0 saturated carbocycles. The minimum absolute atomic E-state index is 0.0185. The van der Waals surface area contributed by atoms with Crippen molar-refractivity contribution in [2.24, 2.45) is 11.5 Å². The largest absolute Gasteiger partial charge is 0.329 e. The van der Waals surface area contributed by atoms with E-state index in [0.717, 1.165) is 5.56 Å². The standard InChI is InChI=1S/C7H12N2S/c1-5-2-6(4-10-5)7(9)3-8/h2,4,7H,3,8-9H2,1H3. The van der Waals surface area contributed by atoms with E-state index in [1.54, 1.807) is 11.3 Å². The van der Waals surface area contributed by atoms with E-state index >= 15 is 0 Å². The van der Waals surface area contributed by atoms with Gasteiger partial charge in [0.05, 0.1) is 0 Å². The van der Waals surface area contributed by atoms with Gasteiger partial charge in [-0.15, -0.1) is 11.3 Å². The van der Waals surface area contributed by atoms with Crippen LogP contribution in [0.3, 0.4) is 0 Å². The second-order valence-electron chi connectivity index (χ2n) is 2.33. The molecular formula is C7H12N2S. The average Bonchev–Trinajstić information content (AvgIpc) is 2.34. The van der Waals surface area contributed by atoms with Crippen molar-refractivity contribution in [3.63, 3.8) is 0 Å². The van der Waals surface area contributed by atoms with Gasteiger partial charge in [0.15, 0.2) is 0 Å². The molecule has 1 aromatic rings. The molecule has 2 nitrogen and oxygen atoms in total. The van der Waals surface area contributed by atoms with Crippen molar-refractivity contribution in [2.45, 2.75) is 13.0 Å². The molecular weight excluding hydrogens is 144 g/mol. The highest BCUT2D eigenvalue weighted by atomic mass is 32.1. The van der Waals surface area contributed by atoms with Gasteiger partial charge < -0.3 is 11.5 Å². The Bertz CT molecular complexity index is 207. The average molecular weight is 156 g/mol. The summed E-state index contributed by atoms with van der Waals surface area (Å²) < 4.78 is 0. The van der Waals surface area contributed by atoms with Crippen molar-refractivity contribution in [2.75, 3.05) is 6.54 Å². The SMILES string of the molecule is Cc1cc(C(N)CN)cs1. The number of rotatable bonds is 2. The molecule has 0 aromatic carbocycles. The summed E-state index contributed by atoms with van der Waals surface area (Å²) in [4.78, 5) is 1.29. The first-order chi connectivity index (χ1) is 4.74. The Hall–Kier alpha value is -0.380. The van der Waals surface area contributed by atoms with E-state index in [1.807, 2.05) is 0 Å². The maximum atomic E-state index is 5.69. The van der Waals surface area contributed by atoms with E-state index in [1.165, 1.54) is 4.88 Å². The molecule has 3 heteroatoms. The second-order valence-corrected chi connectivity index (χ2v) is 3.45. The second kappa shape index (κ2) is 3.14. The summed E-state index contributed by atoms with van der Waals surface area (Å²) in [5, 5.41) is 2.06. The molecule has 0 fully saturated rings. The van der Waals surface area contributed by atoms with Gasteiger partial charge in [0, 0.05) is 17.5 Å². The van der Waals surface area contributed by atoms with Gasteiger partial charge in [0.1, 0.15) is 0 Å². The molecule has 0 amide bonds. The first-order valence-corrected chi connectivity index (χ1v) is 4.12. The van der Waals surface area contributed by atoms with Gasteiger partial charge in [0.25, 0.3) is 0 Å². The summed E-state index contributed by atoms with van der Waals surface area (Å²) in [5.41, 5.74) is 12.2. The van der Waals surface area contributed by atoms with Crippen LogP contribution < -0.4 is 11.5 Å². The maximum absolute atomic E-state index is 5.69. The third-order valence-electron chi connectivity index (χ3n) is 1.43. The van der Waals surface area contributed by atoms with Crippen LogP contribution in [0.2, 0.25) is 0 Å². The van der Waals surface area contributed by atoms with Crippen molar-refractivity contribution < 1.29 is 0 Å². The Balaban J connectivity index is 2.74. The van der Waals surface area contributed by atoms with Crippen LogP contribution in [-0.4, -0.2) is 6.54 Å². The number of aryl methyl sites for hydroxylation is 1. The zero-order valence-electron chi connectivity index (χ0n) is 6.00. The monoisotopic (exact) mass is 156 g/mol. The van der Waals surface area contributed by atoms with Crippen LogP contribution in [0.5, 0.6) is 0 Å². The Morgan fingerprint density at radius 2 is 2.40 bits per heavy atom. The number of hydrogen-bond acceptors (Lipinski definition) is 3. The fourth-order valence-electron chi connectivity index (χ4n) is 0.794. The van der Waals surface area contributed by atoms with Gasteiger partial charge in [-0.1, -0.05) is 0 Å². The van der Waals surface area contributed by atoms with Crippen molar-refractivity contribution >= 4 is 11.3 Å². The molecule has 0 aliphatic heterocycles. The Morgan fingerprint density at radius 3 is 2.80 bits per heavy atom. The van der Waals surface area contributed by atoms with Gasteiger partial charge in [0.2, 0.25) is 0 Å². The van der Waals surface area contributed by atoms with Gasteiger partial charge in [-0.05, 0) is 23.9 Å². The third kappa shape index (κ3) is 1.56. The number of hydrogen-bond donors (Lipinski definition) is 2. The zero-order chi connectivity index (χ0) is 7.56. The van der Waals surface area contributed by atoms with Crippen LogP contribution in [0.4, 0.5) is 0 Å². The third-order valence-corrected chi connectivity index (χ3v) is 2.31.